The zero-order valence-electron chi connectivity index (χ0n) is 16.0. The topological polar surface area (TPSA) is 95.9 Å². The van der Waals surface area contributed by atoms with Gasteiger partial charge in [0.1, 0.15) is 5.75 Å². The van der Waals surface area contributed by atoms with Gasteiger partial charge >= 0.3 is 5.97 Å². The molecule has 2 aromatic carbocycles. The zero-order chi connectivity index (χ0) is 20.6. The first-order valence-electron chi connectivity index (χ1n) is 9.63. The van der Waals surface area contributed by atoms with E-state index < -0.39 is 12.6 Å². The number of nitrogens with one attached hydrogen (secondary N) is 1. The molecule has 0 aromatic heterocycles. The van der Waals surface area contributed by atoms with Crippen molar-refractivity contribution in [1.29, 1.82) is 0 Å². The predicted molar refractivity (Wildman–Crippen MR) is 107 cm³/mol. The van der Waals surface area contributed by atoms with Crippen LogP contribution in [0.3, 0.4) is 0 Å². The number of nitrogens with zero attached hydrogens (tertiary/aromatic N) is 1. The SMILES string of the molecule is O=C(O)COc1cccc(C(=O)N2CCCCC2CNC(=O)c2ccccc2)c1. The van der Waals surface area contributed by atoms with Crippen molar-refractivity contribution in [1.82, 2.24) is 10.2 Å². The Morgan fingerprint density at radius 2 is 1.79 bits per heavy atom. The number of carboxylic acid groups (broad SMARTS) is 1. The number of ether oxygens (including phenoxy) is 1. The lowest BCUT2D eigenvalue weighted by Crippen LogP contribution is -2.49. The highest BCUT2D eigenvalue weighted by molar-refractivity contribution is 5.95. The molecule has 0 saturated carbocycles. The number of aliphatic carboxylic acids is 1. The van der Waals surface area contributed by atoms with Gasteiger partial charge in [-0.15, -0.1) is 0 Å². The molecule has 152 valence electrons. The molecular formula is C22H24N2O5. The molecule has 2 aromatic rings. The van der Waals surface area contributed by atoms with Crippen molar-refractivity contribution in [3.63, 3.8) is 0 Å². The van der Waals surface area contributed by atoms with E-state index in [2.05, 4.69) is 5.32 Å². The Balaban J connectivity index is 1.65. The van der Waals surface area contributed by atoms with Gasteiger partial charge in [0.15, 0.2) is 6.61 Å². The third-order valence-corrected chi connectivity index (χ3v) is 4.87. The van der Waals surface area contributed by atoms with Crippen molar-refractivity contribution in [2.75, 3.05) is 19.7 Å². The van der Waals surface area contributed by atoms with Gasteiger partial charge in [-0.2, -0.15) is 0 Å². The van der Waals surface area contributed by atoms with Gasteiger partial charge in [-0.25, -0.2) is 4.79 Å². The second-order valence-corrected chi connectivity index (χ2v) is 6.93. The van der Waals surface area contributed by atoms with Gasteiger partial charge in [0.2, 0.25) is 0 Å². The monoisotopic (exact) mass is 396 g/mol. The molecule has 7 heteroatoms. The molecule has 1 aliphatic rings. The summed E-state index contributed by atoms with van der Waals surface area (Å²) in [5.41, 5.74) is 1.03. The predicted octanol–water partition coefficient (Wildman–Crippen LogP) is 2.57. The molecule has 0 aliphatic carbocycles. The molecule has 0 spiro atoms. The van der Waals surface area contributed by atoms with E-state index in [0.29, 0.717) is 30.0 Å². The van der Waals surface area contributed by atoms with Crippen molar-refractivity contribution in [2.24, 2.45) is 0 Å². The first kappa shape index (κ1) is 20.4. The number of carbonyl (C=O) groups excluding carboxylic acids is 2. The summed E-state index contributed by atoms with van der Waals surface area (Å²) >= 11 is 0. The Bertz CT molecular complexity index is 869. The van der Waals surface area contributed by atoms with E-state index in [1.165, 1.54) is 0 Å². The second-order valence-electron chi connectivity index (χ2n) is 6.93. The van der Waals surface area contributed by atoms with Gasteiger partial charge in [0.05, 0.1) is 0 Å². The maximum Gasteiger partial charge on any atom is 0.341 e. The van der Waals surface area contributed by atoms with Crippen LogP contribution in [0.4, 0.5) is 0 Å². The largest absolute Gasteiger partial charge is 0.482 e. The Labute approximate surface area is 169 Å². The number of likely N-dealkylation sites (tertiary alicyclic amines) is 1. The van der Waals surface area contributed by atoms with Gasteiger partial charge in [0, 0.05) is 30.3 Å². The fourth-order valence-electron chi connectivity index (χ4n) is 3.41. The highest BCUT2D eigenvalue weighted by atomic mass is 16.5. The zero-order valence-corrected chi connectivity index (χ0v) is 16.0. The third kappa shape index (κ3) is 5.57. The molecule has 0 bridgehead atoms. The van der Waals surface area contributed by atoms with Crippen LogP contribution in [0, 0.1) is 0 Å². The average molecular weight is 396 g/mol. The Hall–Kier alpha value is -3.35. The van der Waals surface area contributed by atoms with Crippen molar-refractivity contribution < 1.29 is 24.2 Å². The Kier molecular flexibility index (Phi) is 6.84. The van der Waals surface area contributed by atoms with Crippen LogP contribution in [0.1, 0.15) is 40.0 Å². The summed E-state index contributed by atoms with van der Waals surface area (Å²) in [4.78, 5) is 37.8. The number of piperidine rings is 1. The minimum absolute atomic E-state index is 0.0903. The lowest BCUT2D eigenvalue weighted by Gasteiger charge is -2.36. The number of amides is 2. The first-order valence-corrected chi connectivity index (χ1v) is 9.63. The van der Waals surface area contributed by atoms with Crippen LogP contribution < -0.4 is 10.1 Å². The van der Waals surface area contributed by atoms with E-state index >= 15 is 0 Å². The number of carboxylic acids is 1. The summed E-state index contributed by atoms with van der Waals surface area (Å²) < 4.78 is 5.17. The standard InChI is InChI=1S/C22H24N2O5/c25-20(26)15-29-19-11-6-9-17(13-19)22(28)24-12-5-4-10-18(24)14-23-21(27)16-7-2-1-3-8-16/h1-3,6-9,11,13,18H,4-5,10,12,14-15H2,(H,23,27)(H,25,26). The lowest BCUT2D eigenvalue weighted by molar-refractivity contribution is -0.139. The van der Waals surface area contributed by atoms with E-state index in [9.17, 15) is 14.4 Å². The van der Waals surface area contributed by atoms with E-state index in [0.717, 1.165) is 19.3 Å². The van der Waals surface area contributed by atoms with Crippen molar-refractivity contribution in [2.45, 2.75) is 25.3 Å². The highest BCUT2D eigenvalue weighted by Gasteiger charge is 2.28. The van der Waals surface area contributed by atoms with Crippen molar-refractivity contribution in [3.05, 3.63) is 65.7 Å². The van der Waals surface area contributed by atoms with Gasteiger partial charge in [-0.05, 0) is 49.6 Å². The molecule has 1 aliphatic heterocycles. The Morgan fingerprint density at radius 1 is 1.03 bits per heavy atom. The van der Waals surface area contributed by atoms with Crippen LogP contribution >= 0.6 is 0 Å². The lowest BCUT2D eigenvalue weighted by atomic mass is 10.0. The molecule has 1 heterocycles. The van der Waals surface area contributed by atoms with Crippen LogP contribution in [0.5, 0.6) is 5.75 Å². The number of benzene rings is 2. The molecule has 29 heavy (non-hydrogen) atoms. The van der Waals surface area contributed by atoms with E-state index in [1.54, 1.807) is 41.3 Å². The number of rotatable bonds is 7. The van der Waals surface area contributed by atoms with E-state index in [1.807, 2.05) is 18.2 Å². The summed E-state index contributed by atoms with van der Waals surface area (Å²) in [6.45, 7) is 0.537. The maximum atomic E-state index is 13.1. The van der Waals surface area contributed by atoms with Crippen LogP contribution in [0.25, 0.3) is 0 Å². The quantitative estimate of drug-likeness (QED) is 0.750. The second kappa shape index (κ2) is 9.73. The smallest absolute Gasteiger partial charge is 0.341 e. The summed E-state index contributed by atoms with van der Waals surface area (Å²) in [5.74, 6) is -1.05. The van der Waals surface area contributed by atoms with Crippen molar-refractivity contribution >= 4 is 17.8 Å². The molecule has 1 fully saturated rings. The highest BCUT2D eigenvalue weighted by Crippen LogP contribution is 2.21. The molecule has 1 atom stereocenters. The molecular weight excluding hydrogens is 372 g/mol. The van der Waals surface area contributed by atoms with Gasteiger partial charge in [-0.3, -0.25) is 9.59 Å². The maximum absolute atomic E-state index is 13.1. The fraction of sp³-hybridized carbons (Fsp3) is 0.318. The normalized spacial score (nSPS) is 16.1. The van der Waals surface area contributed by atoms with Gasteiger partial charge in [-0.1, -0.05) is 24.3 Å². The molecule has 1 saturated heterocycles. The van der Waals surface area contributed by atoms with Crippen LogP contribution in [-0.2, 0) is 4.79 Å². The molecule has 1 unspecified atom stereocenters. The fourth-order valence-corrected chi connectivity index (χ4v) is 3.41. The minimum atomic E-state index is -1.08. The third-order valence-electron chi connectivity index (χ3n) is 4.87. The van der Waals surface area contributed by atoms with E-state index in [4.69, 9.17) is 9.84 Å². The molecule has 0 radical (unpaired) electrons. The van der Waals surface area contributed by atoms with Crippen molar-refractivity contribution in [3.8, 4) is 5.75 Å². The number of carbonyl (C=O) groups is 3. The summed E-state index contributed by atoms with van der Waals surface area (Å²) in [5, 5.41) is 11.7. The first-order chi connectivity index (χ1) is 14.0. The van der Waals surface area contributed by atoms with Gasteiger partial charge in [0.25, 0.3) is 11.8 Å². The van der Waals surface area contributed by atoms with E-state index in [-0.39, 0.29) is 17.9 Å². The van der Waals surface area contributed by atoms with Crippen LogP contribution in [0.2, 0.25) is 0 Å². The molecule has 7 nitrogen and oxygen atoms in total. The van der Waals surface area contributed by atoms with Crippen LogP contribution in [-0.4, -0.2) is 53.5 Å². The molecule has 3 rings (SSSR count). The summed E-state index contributed by atoms with van der Waals surface area (Å²) in [7, 11) is 0. The summed E-state index contributed by atoms with van der Waals surface area (Å²) in [6.07, 6.45) is 2.72. The Morgan fingerprint density at radius 3 is 2.55 bits per heavy atom. The number of hydrogen-bond donors (Lipinski definition) is 2. The number of hydrogen-bond acceptors (Lipinski definition) is 4. The molecule has 2 amide bonds. The average Bonchev–Trinajstić information content (AvgIpc) is 2.76. The van der Waals surface area contributed by atoms with Gasteiger partial charge < -0.3 is 20.1 Å². The van der Waals surface area contributed by atoms with Crippen LogP contribution in [0.15, 0.2) is 54.6 Å². The minimum Gasteiger partial charge on any atom is -0.482 e. The summed E-state index contributed by atoms with van der Waals surface area (Å²) in [6, 6.07) is 15.4. The molecule has 2 N–H and O–H groups in total.